The van der Waals surface area contributed by atoms with Gasteiger partial charge < -0.3 is 20.4 Å². The van der Waals surface area contributed by atoms with Crippen LogP contribution in [0.5, 0.6) is 0 Å². The molecule has 1 saturated carbocycles. The number of piperidine rings is 4. The van der Waals surface area contributed by atoms with Gasteiger partial charge in [-0.15, -0.1) is 0 Å². The highest BCUT2D eigenvalue weighted by Crippen LogP contribution is 2.50. The molecule has 0 aromatic heterocycles. The summed E-state index contributed by atoms with van der Waals surface area (Å²) in [7, 11) is 0. The molecule has 0 aromatic carbocycles. The maximum Gasteiger partial charge on any atom is 0.318 e. The van der Waals surface area contributed by atoms with Crippen LogP contribution in [0.2, 0.25) is 0 Å². The van der Waals surface area contributed by atoms with Crippen LogP contribution in [0.4, 0.5) is 9.59 Å². The molecule has 14 nitrogen and oxygen atoms in total. The lowest BCUT2D eigenvalue weighted by molar-refractivity contribution is -0.297. The summed E-state index contributed by atoms with van der Waals surface area (Å²) in [5, 5.41) is 16.8. The molecule has 0 bridgehead atoms. The third kappa shape index (κ3) is 24.2. The molecule has 4 aliphatic heterocycles. The van der Waals surface area contributed by atoms with Crippen LogP contribution in [-0.4, -0.2) is 150 Å². The lowest BCUT2D eigenvalue weighted by atomic mass is 9.62. The number of hydroxylamine groups is 8. The predicted molar refractivity (Wildman–Crippen MR) is 395 cm³/mol. The minimum Gasteiger partial charge on any atom is -0.337 e. The molecule has 1 aliphatic carbocycles. The average Bonchev–Trinajstić information content (AvgIpc) is 0.751. The highest BCUT2D eigenvalue weighted by Gasteiger charge is 2.57. The van der Waals surface area contributed by atoms with Crippen molar-refractivity contribution in [3.8, 4) is 0 Å². The largest absolute Gasteiger partial charge is 0.337 e. The van der Waals surface area contributed by atoms with Crippen molar-refractivity contribution in [3.05, 3.63) is 0 Å². The van der Waals surface area contributed by atoms with Gasteiger partial charge >= 0.3 is 12.1 Å². The Hall–Kier alpha value is -1.78. The number of unbranched alkanes of at least 4 members (excludes halogenated alkanes) is 20. The lowest BCUT2D eigenvalue weighted by Gasteiger charge is -2.60. The molecule has 5 rings (SSSR count). The average molecular weight is 1330 g/mol. The highest BCUT2D eigenvalue weighted by atomic mass is 16.7. The monoisotopic (exact) mass is 1330 g/mol. The predicted octanol–water partition coefficient (Wildman–Crippen LogP) is 20.8. The summed E-state index contributed by atoms with van der Waals surface area (Å²) in [6.45, 7) is 57.0. The van der Waals surface area contributed by atoms with E-state index in [-0.39, 0.29) is 97.4 Å². The number of urea groups is 2. The molecule has 4 heterocycles. The molecular weight excluding hydrogens is 1170 g/mol. The number of carbonyl (C=O) groups is 2. The topological polar surface area (TPSA) is 115 Å². The lowest BCUT2D eigenvalue weighted by Crippen LogP contribution is -2.70. The van der Waals surface area contributed by atoms with Gasteiger partial charge in [-0.3, -0.25) is 19.4 Å². The zero-order valence-electron chi connectivity index (χ0n) is 66.3. The SMILES string of the molecule is CCCCCCCCON1C(C)(C)CC(N(C(=O)NCC2(C)CC(NC(=O)N(C3CC(C)(C)N(OCCCCCCCC)C(C)(C)C3)C3CC(C)(C)N(OCCCCCCCC)C(C)(C)C3)CC(C)(C)C2)C2CC(C)(C)N(OCCCCCCCC)C(C)(C)C2)CC1(C)C. The van der Waals surface area contributed by atoms with E-state index < -0.39 is 0 Å². The molecular formula is C80H156N8O6. The maximum atomic E-state index is 16.1. The smallest absolute Gasteiger partial charge is 0.318 e. The van der Waals surface area contributed by atoms with Crippen LogP contribution in [0.3, 0.4) is 0 Å². The molecule has 4 saturated heterocycles. The van der Waals surface area contributed by atoms with Crippen LogP contribution in [-0.2, 0) is 19.4 Å². The fourth-order valence-corrected chi connectivity index (χ4v) is 19.9. The van der Waals surface area contributed by atoms with Crippen LogP contribution in [0.1, 0.15) is 384 Å². The van der Waals surface area contributed by atoms with Crippen LogP contribution in [0, 0.1) is 10.8 Å². The van der Waals surface area contributed by atoms with E-state index in [0.717, 1.165) is 123 Å². The second-order valence-corrected chi connectivity index (χ2v) is 37.5. The van der Waals surface area contributed by atoms with E-state index in [0.29, 0.717) is 6.54 Å². The molecule has 2 atom stereocenters. The first-order valence-corrected chi connectivity index (χ1v) is 39.7. The summed E-state index contributed by atoms with van der Waals surface area (Å²) in [6, 6.07) is -0.0403. The maximum absolute atomic E-state index is 16.1. The van der Waals surface area contributed by atoms with Gasteiger partial charge in [0.05, 0.1) is 26.4 Å². The Kier molecular flexibility index (Phi) is 31.9. The minimum absolute atomic E-state index is 0.0119. The van der Waals surface area contributed by atoms with Crippen LogP contribution in [0.25, 0.3) is 0 Å². The Balaban J connectivity index is 1.42. The number of nitrogens with one attached hydrogen (secondary N) is 2. The van der Waals surface area contributed by atoms with Crippen LogP contribution < -0.4 is 10.6 Å². The van der Waals surface area contributed by atoms with Crippen molar-refractivity contribution in [1.82, 2.24) is 40.7 Å². The summed E-state index contributed by atoms with van der Waals surface area (Å²) in [4.78, 5) is 64.1. The fourth-order valence-electron chi connectivity index (χ4n) is 19.9. The summed E-state index contributed by atoms with van der Waals surface area (Å²) >= 11 is 0. The van der Waals surface area contributed by atoms with E-state index in [9.17, 15) is 0 Å². The summed E-state index contributed by atoms with van der Waals surface area (Å²) in [6.07, 6.45) is 38.5. The molecule has 2 unspecified atom stereocenters. The van der Waals surface area contributed by atoms with Crippen LogP contribution >= 0.6 is 0 Å². The molecule has 4 amide bonds. The Bertz CT molecular complexity index is 2020. The minimum atomic E-state index is -0.316. The third-order valence-electron chi connectivity index (χ3n) is 22.6. The molecule has 5 fully saturated rings. The van der Waals surface area contributed by atoms with Crippen molar-refractivity contribution >= 4 is 12.1 Å². The normalized spacial score (nSPS) is 25.7. The highest BCUT2D eigenvalue weighted by molar-refractivity contribution is 5.76. The van der Waals surface area contributed by atoms with Crippen molar-refractivity contribution < 1.29 is 28.9 Å². The van der Waals surface area contributed by atoms with E-state index in [1.165, 1.54) is 128 Å². The van der Waals surface area contributed by atoms with Gasteiger partial charge in [0.25, 0.3) is 0 Å². The van der Waals surface area contributed by atoms with Gasteiger partial charge in [-0.25, -0.2) is 9.59 Å². The van der Waals surface area contributed by atoms with Crippen molar-refractivity contribution in [1.29, 1.82) is 0 Å². The number of carbonyl (C=O) groups excluding carboxylic acids is 2. The second-order valence-electron chi connectivity index (χ2n) is 37.5. The van der Waals surface area contributed by atoms with Gasteiger partial charge in [0.1, 0.15) is 0 Å². The second kappa shape index (κ2) is 36.2. The van der Waals surface area contributed by atoms with E-state index >= 15 is 9.59 Å². The third-order valence-corrected chi connectivity index (χ3v) is 22.6. The number of hydrogen-bond acceptors (Lipinski definition) is 10. The first kappa shape index (κ1) is 82.9. The van der Waals surface area contributed by atoms with E-state index in [1.54, 1.807) is 0 Å². The van der Waals surface area contributed by atoms with Crippen molar-refractivity contribution in [2.24, 2.45) is 10.8 Å². The van der Waals surface area contributed by atoms with Gasteiger partial charge in [0, 0.05) is 81.1 Å². The number of nitrogens with zero attached hydrogens (tertiary/aromatic N) is 6. The van der Waals surface area contributed by atoms with Gasteiger partial charge in [0.2, 0.25) is 0 Å². The molecule has 0 aromatic rings. The summed E-state index contributed by atoms with van der Waals surface area (Å²) in [5.74, 6) is 0. The van der Waals surface area contributed by atoms with E-state index in [1.807, 2.05) is 0 Å². The van der Waals surface area contributed by atoms with E-state index in [2.05, 4.69) is 200 Å². The molecule has 552 valence electrons. The fraction of sp³-hybridized carbons (Fsp3) is 0.975. The van der Waals surface area contributed by atoms with Gasteiger partial charge in [0.15, 0.2) is 0 Å². The Morgan fingerprint density at radius 2 is 0.564 bits per heavy atom. The molecule has 5 aliphatic rings. The summed E-state index contributed by atoms with van der Waals surface area (Å²) < 4.78 is 0. The Morgan fingerprint density at radius 3 is 0.819 bits per heavy atom. The Morgan fingerprint density at radius 1 is 0.330 bits per heavy atom. The van der Waals surface area contributed by atoms with E-state index in [4.69, 9.17) is 19.4 Å². The molecule has 2 N–H and O–H groups in total. The van der Waals surface area contributed by atoms with Gasteiger partial charge in [-0.2, -0.15) is 20.3 Å². The van der Waals surface area contributed by atoms with Crippen molar-refractivity contribution in [2.75, 3.05) is 33.0 Å². The first-order chi connectivity index (χ1) is 43.8. The van der Waals surface area contributed by atoms with Gasteiger partial charge in [-0.1, -0.05) is 177 Å². The Labute approximate surface area is 581 Å². The van der Waals surface area contributed by atoms with Gasteiger partial charge in [-0.05, 0) is 218 Å². The van der Waals surface area contributed by atoms with Crippen LogP contribution in [0.15, 0.2) is 0 Å². The zero-order chi connectivity index (χ0) is 70.0. The molecule has 94 heavy (non-hydrogen) atoms. The number of rotatable bonds is 39. The molecule has 0 spiro atoms. The first-order valence-electron chi connectivity index (χ1n) is 39.7. The number of hydrogen-bond donors (Lipinski definition) is 2. The van der Waals surface area contributed by atoms with Crippen molar-refractivity contribution in [3.63, 3.8) is 0 Å². The quantitative estimate of drug-likeness (QED) is 0.0577. The summed E-state index contributed by atoms with van der Waals surface area (Å²) in [5.41, 5.74) is -2.89. The zero-order valence-corrected chi connectivity index (χ0v) is 66.3. The molecule has 0 radical (unpaired) electrons. The standard InChI is InChI=1S/C80H156N8O6/c1-24-28-32-36-40-44-48-91-85-72(7,8)54-65(55-73(85,9)10)83(66-56-74(11,12)86(75(13,14)57-66)92-49-45-41-37-33-29-25-2)69(89)81-63-80(23)53-64(52-71(5,6)62-80)82-70(90)84(67-58-76(15,16)87(77(17,18)59-67)93-50-46-42-38-34-30-26-3)68-60-78(19,20)88(79(21,22)61-68)94-51-47-43-39-35-31-27-4/h64-68H,24-63H2,1-23H3,(H,81,89)(H,82,90). The molecule has 14 heteroatoms. The number of amides is 4. The van der Waals surface area contributed by atoms with Crippen molar-refractivity contribution in [2.45, 2.75) is 458 Å².